The van der Waals surface area contributed by atoms with Crippen molar-refractivity contribution in [2.24, 2.45) is 5.92 Å². The topological polar surface area (TPSA) is 71.0 Å². The number of carbonyl (C=O) groups is 1. The molecule has 1 aliphatic heterocycles. The summed E-state index contributed by atoms with van der Waals surface area (Å²) < 4.78 is 39.2. The Morgan fingerprint density at radius 3 is 2.63 bits per heavy atom. The van der Waals surface area contributed by atoms with Crippen LogP contribution in [-0.4, -0.2) is 38.4 Å². The molecule has 2 aromatic heterocycles. The number of carbonyl (C=O) groups excluding carboxylic acids is 1. The Hall–Kier alpha value is -3.10. The van der Waals surface area contributed by atoms with E-state index < -0.39 is 17.4 Å². The number of para-hydroxylation sites is 1. The number of benzene rings is 1. The van der Waals surface area contributed by atoms with Crippen molar-refractivity contribution >= 4 is 16.8 Å². The summed E-state index contributed by atoms with van der Waals surface area (Å²) in [6.45, 7) is 1.43. The second kappa shape index (κ2) is 7.97. The molecule has 0 radical (unpaired) electrons. The number of fused-ring (bicyclic) bond motifs is 1. The smallest absolute Gasteiger partial charge is 0.361 e. The number of halogens is 3. The van der Waals surface area contributed by atoms with Gasteiger partial charge in [0.05, 0.1) is 12.7 Å². The maximum atomic E-state index is 12.7. The number of nitrogens with one attached hydrogen (secondary N) is 1. The first-order chi connectivity index (χ1) is 14.3. The Balaban J connectivity index is 1.34. The SMILES string of the molecule is O=C(Cc1c[nH]c2ccccc12)N1CCC(Cn2cnc(C(F)(F)F)cc2=O)CC1. The van der Waals surface area contributed by atoms with Gasteiger partial charge >= 0.3 is 6.18 Å². The molecule has 0 unspecified atom stereocenters. The minimum absolute atomic E-state index is 0.0477. The summed E-state index contributed by atoms with van der Waals surface area (Å²) in [5, 5.41) is 1.04. The molecule has 1 fully saturated rings. The maximum Gasteiger partial charge on any atom is 0.433 e. The van der Waals surface area contributed by atoms with E-state index >= 15 is 0 Å². The summed E-state index contributed by atoms with van der Waals surface area (Å²) in [5.74, 6) is 0.157. The fraction of sp³-hybridized carbons (Fsp3) is 0.381. The van der Waals surface area contributed by atoms with Crippen LogP contribution in [0.4, 0.5) is 13.2 Å². The van der Waals surface area contributed by atoms with Gasteiger partial charge in [-0.2, -0.15) is 13.2 Å². The molecule has 1 N–H and O–H groups in total. The number of piperidine rings is 1. The van der Waals surface area contributed by atoms with E-state index in [9.17, 15) is 22.8 Å². The van der Waals surface area contributed by atoms with Gasteiger partial charge in [-0.3, -0.25) is 14.2 Å². The van der Waals surface area contributed by atoms with Crippen LogP contribution >= 0.6 is 0 Å². The zero-order chi connectivity index (χ0) is 21.3. The minimum Gasteiger partial charge on any atom is -0.361 e. The van der Waals surface area contributed by atoms with Crippen molar-refractivity contribution in [2.45, 2.75) is 32.0 Å². The van der Waals surface area contributed by atoms with Gasteiger partial charge in [0.2, 0.25) is 5.91 Å². The predicted molar refractivity (Wildman–Crippen MR) is 105 cm³/mol. The second-order valence-corrected chi connectivity index (χ2v) is 7.62. The van der Waals surface area contributed by atoms with E-state index in [1.165, 1.54) is 4.57 Å². The number of nitrogens with zero attached hydrogens (tertiary/aromatic N) is 3. The van der Waals surface area contributed by atoms with Gasteiger partial charge in [0.25, 0.3) is 5.56 Å². The first-order valence-electron chi connectivity index (χ1n) is 9.77. The largest absolute Gasteiger partial charge is 0.433 e. The Bertz CT molecular complexity index is 1110. The molecular weight excluding hydrogens is 397 g/mol. The first-order valence-corrected chi connectivity index (χ1v) is 9.77. The van der Waals surface area contributed by atoms with Crippen LogP contribution in [0.1, 0.15) is 24.1 Å². The number of alkyl halides is 3. The van der Waals surface area contributed by atoms with Crippen molar-refractivity contribution in [1.82, 2.24) is 19.4 Å². The summed E-state index contributed by atoms with van der Waals surface area (Å²) >= 11 is 0. The number of aromatic amines is 1. The zero-order valence-corrected chi connectivity index (χ0v) is 16.2. The van der Waals surface area contributed by atoms with Crippen molar-refractivity contribution in [3.63, 3.8) is 0 Å². The fourth-order valence-electron chi connectivity index (χ4n) is 3.91. The van der Waals surface area contributed by atoms with Gasteiger partial charge in [0, 0.05) is 42.8 Å². The normalized spacial score (nSPS) is 15.6. The molecule has 0 saturated carbocycles. The highest BCUT2D eigenvalue weighted by atomic mass is 19.4. The highest BCUT2D eigenvalue weighted by Crippen LogP contribution is 2.26. The number of hydrogen-bond acceptors (Lipinski definition) is 3. The van der Waals surface area contributed by atoms with Crippen LogP contribution in [0.5, 0.6) is 0 Å². The number of rotatable bonds is 4. The van der Waals surface area contributed by atoms with Gasteiger partial charge in [0.1, 0.15) is 0 Å². The lowest BCUT2D eigenvalue weighted by Gasteiger charge is -2.32. The van der Waals surface area contributed by atoms with Crippen LogP contribution in [0, 0.1) is 5.92 Å². The quantitative estimate of drug-likeness (QED) is 0.707. The molecule has 0 spiro atoms. The Morgan fingerprint density at radius 1 is 1.20 bits per heavy atom. The Morgan fingerprint density at radius 2 is 1.93 bits per heavy atom. The molecule has 9 heteroatoms. The molecule has 158 valence electrons. The molecule has 0 bridgehead atoms. The van der Waals surface area contributed by atoms with Gasteiger partial charge in [0.15, 0.2) is 5.69 Å². The number of hydrogen-bond donors (Lipinski definition) is 1. The average Bonchev–Trinajstić information content (AvgIpc) is 3.12. The van der Waals surface area contributed by atoms with E-state index in [-0.39, 0.29) is 11.8 Å². The highest BCUT2D eigenvalue weighted by molar-refractivity contribution is 5.88. The van der Waals surface area contributed by atoms with E-state index in [0.29, 0.717) is 45.0 Å². The number of likely N-dealkylation sites (tertiary alicyclic amines) is 1. The summed E-state index contributed by atoms with van der Waals surface area (Å²) in [6.07, 6.45) is -0.120. The minimum atomic E-state index is -4.63. The second-order valence-electron chi connectivity index (χ2n) is 7.62. The molecule has 3 heterocycles. The lowest BCUT2D eigenvalue weighted by Crippen LogP contribution is -2.40. The molecule has 3 aromatic rings. The zero-order valence-electron chi connectivity index (χ0n) is 16.2. The third-order valence-electron chi connectivity index (χ3n) is 5.61. The lowest BCUT2D eigenvalue weighted by molar-refractivity contribution is -0.141. The van der Waals surface area contributed by atoms with Crippen molar-refractivity contribution in [3.05, 3.63) is 64.5 Å². The van der Waals surface area contributed by atoms with Gasteiger partial charge < -0.3 is 9.88 Å². The molecule has 0 aliphatic carbocycles. The van der Waals surface area contributed by atoms with Crippen LogP contribution in [-0.2, 0) is 23.9 Å². The first kappa shape index (κ1) is 20.2. The van der Waals surface area contributed by atoms with E-state index in [1.807, 2.05) is 35.4 Å². The standard InChI is InChI=1S/C21H21F3N4O2/c22-21(23,24)18-10-20(30)28(13-26-18)12-14-5-7-27(8-6-14)19(29)9-15-11-25-17-4-2-1-3-16(15)17/h1-4,10-11,13-14,25H,5-9,12H2. The molecule has 1 amide bonds. The molecule has 1 aromatic carbocycles. The monoisotopic (exact) mass is 418 g/mol. The van der Waals surface area contributed by atoms with Crippen LogP contribution in [0.25, 0.3) is 10.9 Å². The Labute approximate surface area is 170 Å². The molecule has 6 nitrogen and oxygen atoms in total. The van der Waals surface area contributed by atoms with E-state index in [2.05, 4.69) is 9.97 Å². The lowest BCUT2D eigenvalue weighted by atomic mass is 9.96. The maximum absolute atomic E-state index is 12.7. The molecule has 0 atom stereocenters. The van der Waals surface area contributed by atoms with Crippen molar-refractivity contribution < 1.29 is 18.0 Å². The average molecular weight is 418 g/mol. The molecule has 4 rings (SSSR count). The number of H-pyrrole nitrogens is 1. The summed E-state index contributed by atoms with van der Waals surface area (Å²) in [6, 6.07) is 8.35. The Kier molecular flexibility index (Phi) is 5.36. The third kappa shape index (κ3) is 4.24. The highest BCUT2D eigenvalue weighted by Gasteiger charge is 2.33. The third-order valence-corrected chi connectivity index (χ3v) is 5.61. The van der Waals surface area contributed by atoms with Gasteiger partial charge in [-0.1, -0.05) is 18.2 Å². The molecule has 1 saturated heterocycles. The summed E-state index contributed by atoms with van der Waals surface area (Å²) in [7, 11) is 0. The summed E-state index contributed by atoms with van der Waals surface area (Å²) in [5.41, 5.74) is 0.0614. The number of amides is 1. The number of aromatic nitrogens is 3. The van der Waals surface area contributed by atoms with Crippen LogP contribution in [0.2, 0.25) is 0 Å². The van der Waals surface area contributed by atoms with Crippen LogP contribution < -0.4 is 5.56 Å². The van der Waals surface area contributed by atoms with Crippen molar-refractivity contribution in [3.8, 4) is 0 Å². The molecular formula is C21H21F3N4O2. The van der Waals surface area contributed by atoms with Crippen molar-refractivity contribution in [1.29, 1.82) is 0 Å². The van der Waals surface area contributed by atoms with E-state index in [1.54, 1.807) is 0 Å². The van der Waals surface area contributed by atoms with Crippen LogP contribution in [0.3, 0.4) is 0 Å². The fourth-order valence-corrected chi connectivity index (χ4v) is 3.91. The summed E-state index contributed by atoms with van der Waals surface area (Å²) in [4.78, 5) is 33.0. The predicted octanol–water partition coefficient (Wildman–Crippen LogP) is 3.22. The van der Waals surface area contributed by atoms with Crippen LogP contribution in [0.15, 0.2) is 47.7 Å². The van der Waals surface area contributed by atoms with Gasteiger partial charge in [-0.15, -0.1) is 0 Å². The molecule has 1 aliphatic rings. The van der Waals surface area contributed by atoms with Gasteiger partial charge in [-0.25, -0.2) is 4.98 Å². The van der Waals surface area contributed by atoms with E-state index in [4.69, 9.17) is 0 Å². The van der Waals surface area contributed by atoms with Gasteiger partial charge in [-0.05, 0) is 30.4 Å². The molecule has 30 heavy (non-hydrogen) atoms. The van der Waals surface area contributed by atoms with Crippen molar-refractivity contribution in [2.75, 3.05) is 13.1 Å². The van der Waals surface area contributed by atoms with E-state index in [0.717, 1.165) is 22.8 Å².